The minimum absolute atomic E-state index is 0. The van der Waals surface area contributed by atoms with Crippen molar-refractivity contribution in [3.63, 3.8) is 0 Å². The lowest BCUT2D eigenvalue weighted by molar-refractivity contribution is 0.101. The van der Waals surface area contributed by atoms with E-state index in [0.717, 1.165) is 30.8 Å². The van der Waals surface area contributed by atoms with Crippen molar-refractivity contribution >= 4 is 41.3 Å². The Morgan fingerprint density at radius 1 is 1.08 bits per heavy atom. The fourth-order valence-electron chi connectivity index (χ4n) is 2.83. The number of anilines is 2. The van der Waals surface area contributed by atoms with Crippen molar-refractivity contribution in [2.24, 2.45) is 0 Å². The van der Waals surface area contributed by atoms with E-state index in [9.17, 15) is 4.79 Å². The number of carbonyl (C=O) groups excluding carboxylic acids is 1. The highest BCUT2D eigenvalue weighted by Crippen LogP contribution is 2.48. The molecule has 1 aliphatic rings. The quantitative estimate of drug-likeness (QED) is 0.708. The van der Waals surface area contributed by atoms with Crippen LogP contribution in [0.1, 0.15) is 23.7 Å². The fourth-order valence-corrected chi connectivity index (χ4v) is 3.91. The average Bonchev–Trinajstić information content (AvgIpc) is 2.53. The largest absolute Gasteiger partial charge is 0.340 e. The van der Waals surface area contributed by atoms with E-state index in [0.29, 0.717) is 0 Å². The summed E-state index contributed by atoms with van der Waals surface area (Å²) in [6.07, 6.45) is 1.08. The van der Waals surface area contributed by atoms with Crippen LogP contribution < -0.4 is 4.90 Å². The fraction of sp³-hybridized carbons (Fsp3) is 0.316. The summed E-state index contributed by atoms with van der Waals surface area (Å²) in [5.74, 6) is 0.116. The first-order valence-corrected chi connectivity index (χ1v) is 8.72. The molecule has 0 aromatic heterocycles. The van der Waals surface area contributed by atoms with Gasteiger partial charge in [0, 0.05) is 21.9 Å². The summed E-state index contributed by atoms with van der Waals surface area (Å²) in [7, 11) is 4.20. The molecule has 1 heterocycles. The minimum atomic E-state index is 0. The molecule has 2 aromatic carbocycles. The molecule has 3 nitrogen and oxygen atoms in total. The maximum absolute atomic E-state index is 11.8. The second kappa shape index (κ2) is 8.06. The van der Waals surface area contributed by atoms with Crippen LogP contribution in [0.3, 0.4) is 0 Å². The number of para-hydroxylation sites is 1. The molecular weight excluding hydrogens is 340 g/mol. The van der Waals surface area contributed by atoms with Crippen molar-refractivity contribution in [1.29, 1.82) is 0 Å². The summed E-state index contributed by atoms with van der Waals surface area (Å²) in [6, 6.07) is 14.5. The summed E-state index contributed by atoms with van der Waals surface area (Å²) in [5, 5.41) is 0. The Morgan fingerprint density at radius 2 is 1.79 bits per heavy atom. The van der Waals surface area contributed by atoms with Gasteiger partial charge in [-0.2, -0.15) is 0 Å². The second-order valence-electron chi connectivity index (χ2n) is 6.12. The van der Waals surface area contributed by atoms with Crippen LogP contribution in [0.2, 0.25) is 0 Å². The molecule has 0 saturated heterocycles. The van der Waals surface area contributed by atoms with Crippen molar-refractivity contribution in [1.82, 2.24) is 4.90 Å². The molecule has 0 amide bonds. The van der Waals surface area contributed by atoms with Crippen LogP contribution in [0.15, 0.2) is 52.3 Å². The number of ketones is 1. The van der Waals surface area contributed by atoms with Gasteiger partial charge in [0.1, 0.15) is 0 Å². The number of nitrogens with zero attached hydrogens (tertiary/aromatic N) is 2. The lowest BCUT2D eigenvalue weighted by Crippen LogP contribution is -2.25. The molecule has 0 unspecified atom stereocenters. The van der Waals surface area contributed by atoms with E-state index < -0.39 is 0 Å². The molecule has 2 aromatic rings. The molecule has 5 heteroatoms. The zero-order valence-electron chi connectivity index (χ0n) is 14.3. The van der Waals surface area contributed by atoms with Gasteiger partial charge in [-0.3, -0.25) is 4.79 Å². The van der Waals surface area contributed by atoms with E-state index in [2.05, 4.69) is 54.2 Å². The van der Waals surface area contributed by atoms with Gasteiger partial charge >= 0.3 is 0 Å². The first-order valence-electron chi connectivity index (χ1n) is 7.90. The zero-order chi connectivity index (χ0) is 16.4. The number of hydrogen-bond acceptors (Lipinski definition) is 4. The summed E-state index contributed by atoms with van der Waals surface area (Å²) < 4.78 is 0. The van der Waals surface area contributed by atoms with Crippen LogP contribution in [-0.4, -0.2) is 37.9 Å². The Bertz CT molecular complexity index is 733. The van der Waals surface area contributed by atoms with Gasteiger partial charge in [-0.05, 0) is 58.3 Å². The predicted molar refractivity (Wildman–Crippen MR) is 104 cm³/mol. The second-order valence-corrected chi connectivity index (χ2v) is 7.20. The Kier molecular flexibility index (Phi) is 6.33. The molecule has 3 rings (SSSR count). The highest BCUT2D eigenvalue weighted by atomic mass is 35.5. The van der Waals surface area contributed by atoms with E-state index in [1.54, 1.807) is 18.7 Å². The van der Waals surface area contributed by atoms with Crippen LogP contribution in [0, 0.1) is 0 Å². The van der Waals surface area contributed by atoms with E-state index in [1.807, 2.05) is 12.1 Å². The molecule has 128 valence electrons. The first-order chi connectivity index (χ1) is 11.1. The Morgan fingerprint density at radius 3 is 2.50 bits per heavy atom. The van der Waals surface area contributed by atoms with Gasteiger partial charge in [0.2, 0.25) is 0 Å². The van der Waals surface area contributed by atoms with Gasteiger partial charge in [0.05, 0.1) is 11.4 Å². The van der Waals surface area contributed by atoms with Crippen molar-refractivity contribution in [3.05, 3.63) is 48.0 Å². The molecule has 0 saturated carbocycles. The Balaban J connectivity index is 0.00000208. The first kappa shape index (κ1) is 18.8. The average molecular weight is 363 g/mol. The van der Waals surface area contributed by atoms with E-state index in [1.165, 1.54) is 15.5 Å². The van der Waals surface area contributed by atoms with E-state index in [4.69, 9.17) is 0 Å². The maximum atomic E-state index is 11.8. The van der Waals surface area contributed by atoms with Gasteiger partial charge in [0.15, 0.2) is 5.78 Å². The maximum Gasteiger partial charge on any atom is 0.159 e. The molecule has 0 atom stereocenters. The number of fused-ring (bicyclic) bond motifs is 2. The molecule has 0 spiro atoms. The van der Waals surface area contributed by atoms with Crippen molar-refractivity contribution in [2.75, 3.05) is 32.1 Å². The molecule has 0 aliphatic carbocycles. The van der Waals surface area contributed by atoms with E-state index >= 15 is 0 Å². The normalized spacial score (nSPS) is 12.4. The van der Waals surface area contributed by atoms with E-state index in [-0.39, 0.29) is 18.2 Å². The minimum Gasteiger partial charge on any atom is -0.340 e. The molecule has 24 heavy (non-hydrogen) atoms. The smallest absolute Gasteiger partial charge is 0.159 e. The van der Waals surface area contributed by atoms with Crippen LogP contribution in [0.5, 0.6) is 0 Å². The topological polar surface area (TPSA) is 23.6 Å². The van der Waals surface area contributed by atoms with Crippen LogP contribution in [0.25, 0.3) is 0 Å². The van der Waals surface area contributed by atoms with Gasteiger partial charge in [-0.1, -0.05) is 30.0 Å². The highest BCUT2D eigenvalue weighted by Gasteiger charge is 2.23. The number of benzene rings is 2. The number of hydrogen-bond donors (Lipinski definition) is 0. The van der Waals surface area contributed by atoms with Crippen LogP contribution in [-0.2, 0) is 0 Å². The standard InChI is InChI=1S/C19H22N2OS.ClH/c1-14(22)15-9-10-19-17(13-15)21(12-6-11-20(2)3)16-7-4-5-8-18(16)23-19;/h4-5,7-10,13H,6,11-12H2,1-3H3;1H. The molecule has 0 fully saturated rings. The van der Waals surface area contributed by atoms with Gasteiger partial charge in [-0.15, -0.1) is 12.4 Å². The molecule has 1 aliphatic heterocycles. The highest BCUT2D eigenvalue weighted by molar-refractivity contribution is 7.99. The molecular formula is C19H23ClN2OS. The summed E-state index contributed by atoms with van der Waals surface area (Å²) in [4.78, 5) is 18.8. The summed E-state index contributed by atoms with van der Waals surface area (Å²) >= 11 is 1.78. The third-order valence-electron chi connectivity index (χ3n) is 4.02. The monoisotopic (exact) mass is 362 g/mol. The number of rotatable bonds is 5. The number of carbonyl (C=O) groups is 1. The number of Topliss-reactive ketones (excluding diaryl/α,β-unsaturated/α-hetero) is 1. The SMILES string of the molecule is CC(=O)c1ccc2c(c1)N(CCCN(C)C)c1ccccc1S2.Cl. The third-order valence-corrected chi connectivity index (χ3v) is 5.15. The molecule has 0 radical (unpaired) electrons. The van der Waals surface area contributed by atoms with Crippen molar-refractivity contribution < 1.29 is 4.79 Å². The molecule has 0 bridgehead atoms. The van der Waals surface area contributed by atoms with Crippen molar-refractivity contribution in [3.8, 4) is 0 Å². The zero-order valence-corrected chi connectivity index (χ0v) is 15.9. The Hall–Kier alpha value is -1.49. The third kappa shape index (κ3) is 3.94. The van der Waals surface area contributed by atoms with Gasteiger partial charge in [-0.25, -0.2) is 0 Å². The van der Waals surface area contributed by atoms with Gasteiger partial charge < -0.3 is 9.80 Å². The van der Waals surface area contributed by atoms with Crippen molar-refractivity contribution in [2.45, 2.75) is 23.1 Å². The summed E-state index contributed by atoms with van der Waals surface area (Å²) in [5.41, 5.74) is 3.17. The lowest BCUT2D eigenvalue weighted by Gasteiger charge is -2.33. The predicted octanol–water partition coefficient (Wildman–Crippen LogP) is 4.87. The number of halogens is 1. The molecule has 0 N–H and O–H groups in total. The van der Waals surface area contributed by atoms with Crippen LogP contribution in [0.4, 0.5) is 11.4 Å². The van der Waals surface area contributed by atoms with Crippen LogP contribution >= 0.6 is 24.2 Å². The Labute approximate surface area is 154 Å². The lowest BCUT2D eigenvalue weighted by atomic mass is 10.1. The van der Waals surface area contributed by atoms with Gasteiger partial charge in [0.25, 0.3) is 0 Å². The summed E-state index contributed by atoms with van der Waals surface area (Å²) in [6.45, 7) is 3.62.